The van der Waals surface area contributed by atoms with Crippen molar-refractivity contribution in [2.24, 2.45) is 5.92 Å². The molecule has 0 heterocycles. The maximum atomic E-state index is 2.41. The molecule has 1 unspecified atom stereocenters. The molecule has 0 aromatic heterocycles. The minimum Gasteiger partial charge on any atom is -0.0651 e. The van der Waals surface area contributed by atoms with Gasteiger partial charge in [-0.3, -0.25) is 0 Å². The summed E-state index contributed by atoms with van der Waals surface area (Å²) in [5, 5.41) is 0. The fourth-order valence-electron chi connectivity index (χ4n) is 5.50. The van der Waals surface area contributed by atoms with Crippen molar-refractivity contribution in [1.29, 1.82) is 0 Å². The minimum atomic E-state index is 0.570. The average molecular weight is 425 g/mol. The molecular formula is C32H40. The van der Waals surface area contributed by atoms with Crippen molar-refractivity contribution in [3.8, 4) is 0 Å². The van der Waals surface area contributed by atoms with Crippen LogP contribution < -0.4 is 0 Å². The van der Waals surface area contributed by atoms with Gasteiger partial charge in [0.25, 0.3) is 0 Å². The predicted octanol–water partition coefficient (Wildman–Crippen LogP) is 8.89. The molecule has 0 aliphatic heterocycles. The van der Waals surface area contributed by atoms with E-state index in [4.69, 9.17) is 0 Å². The van der Waals surface area contributed by atoms with Crippen LogP contribution in [0.2, 0.25) is 0 Å². The molecule has 0 radical (unpaired) electrons. The van der Waals surface area contributed by atoms with Crippen LogP contribution in [0.5, 0.6) is 0 Å². The molecule has 1 fully saturated rings. The Morgan fingerprint density at radius 3 is 1.91 bits per heavy atom. The van der Waals surface area contributed by atoms with Crippen molar-refractivity contribution in [3.63, 3.8) is 0 Å². The van der Waals surface area contributed by atoms with Gasteiger partial charge < -0.3 is 0 Å². The highest BCUT2D eigenvalue weighted by atomic mass is 14.3. The van der Waals surface area contributed by atoms with E-state index in [1.54, 1.807) is 5.56 Å². The van der Waals surface area contributed by atoms with Crippen LogP contribution in [-0.2, 0) is 19.3 Å². The van der Waals surface area contributed by atoms with Crippen molar-refractivity contribution in [1.82, 2.24) is 0 Å². The van der Waals surface area contributed by atoms with Gasteiger partial charge in [-0.15, -0.1) is 0 Å². The molecule has 3 aromatic rings. The Balaban J connectivity index is 1.22. The smallest absolute Gasteiger partial charge is 0.0150 e. The fraction of sp³-hybridized carbons (Fsp3) is 0.438. The second-order valence-corrected chi connectivity index (χ2v) is 10.1. The Hall–Kier alpha value is -2.34. The van der Waals surface area contributed by atoms with Gasteiger partial charge >= 0.3 is 0 Å². The van der Waals surface area contributed by atoms with Crippen LogP contribution in [0.25, 0.3) is 0 Å². The summed E-state index contributed by atoms with van der Waals surface area (Å²) in [7, 11) is 0. The predicted molar refractivity (Wildman–Crippen MR) is 138 cm³/mol. The number of rotatable bonds is 9. The van der Waals surface area contributed by atoms with Crippen LogP contribution in [0.4, 0.5) is 0 Å². The number of hydrogen-bond acceptors (Lipinski definition) is 0. The Morgan fingerprint density at radius 2 is 1.28 bits per heavy atom. The highest BCUT2D eigenvalue weighted by Gasteiger charge is 2.22. The van der Waals surface area contributed by atoms with E-state index in [-0.39, 0.29) is 0 Å². The van der Waals surface area contributed by atoms with Gasteiger partial charge in [0, 0.05) is 0 Å². The van der Waals surface area contributed by atoms with Crippen LogP contribution in [-0.4, -0.2) is 0 Å². The zero-order chi connectivity index (χ0) is 22.2. The van der Waals surface area contributed by atoms with Crippen molar-refractivity contribution < 1.29 is 0 Å². The molecule has 1 saturated carbocycles. The lowest BCUT2D eigenvalue weighted by Crippen LogP contribution is -2.14. The molecule has 0 N–H and O–H groups in total. The van der Waals surface area contributed by atoms with E-state index >= 15 is 0 Å². The molecule has 3 aromatic carbocycles. The van der Waals surface area contributed by atoms with Gasteiger partial charge in [0.1, 0.15) is 0 Å². The molecule has 0 bridgehead atoms. The van der Waals surface area contributed by atoms with Gasteiger partial charge in [-0.25, -0.2) is 0 Å². The zero-order valence-corrected chi connectivity index (χ0v) is 20.1. The largest absolute Gasteiger partial charge is 0.0651 e. The van der Waals surface area contributed by atoms with Gasteiger partial charge in [0.05, 0.1) is 0 Å². The Bertz CT molecular complexity index is 912. The average Bonchev–Trinajstić information content (AvgIpc) is 2.85. The summed E-state index contributed by atoms with van der Waals surface area (Å²) in [4.78, 5) is 0. The highest BCUT2D eigenvalue weighted by molar-refractivity contribution is 5.29. The molecule has 1 aliphatic carbocycles. The van der Waals surface area contributed by atoms with Crippen LogP contribution in [0.3, 0.4) is 0 Å². The number of benzene rings is 3. The maximum absolute atomic E-state index is 2.41. The molecule has 0 nitrogen and oxygen atoms in total. The van der Waals surface area contributed by atoms with E-state index in [1.165, 1.54) is 73.6 Å². The summed E-state index contributed by atoms with van der Waals surface area (Å²) >= 11 is 0. The lowest BCUT2D eigenvalue weighted by molar-refractivity contribution is 0.310. The molecule has 168 valence electrons. The van der Waals surface area contributed by atoms with E-state index in [9.17, 15) is 0 Å². The lowest BCUT2D eigenvalue weighted by Gasteiger charge is -2.29. The van der Waals surface area contributed by atoms with Crippen molar-refractivity contribution >= 4 is 0 Å². The molecule has 0 heteroatoms. The molecule has 0 amide bonds. The number of hydrogen-bond donors (Lipinski definition) is 0. The van der Waals surface area contributed by atoms with Gasteiger partial charge in [-0.05, 0) is 96.9 Å². The molecule has 0 saturated heterocycles. The van der Waals surface area contributed by atoms with E-state index in [2.05, 4.69) is 92.7 Å². The third-order valence-corrected chi connectivity index (χ3v) is 7.61. The number of aryl methyl sites for hydroxylation is 2. The lowest BCUT2D eigenvalue weighted by atomic mass is 9.76. The molecule has 0 spiro atoms. The van der Waals surface area contributed by atoms with Gasteiger partial charge in [-0.2, -0.15) is 0 Å². The monoisotopic (exact) mass is 424 g/mol. The summed E-state index contributed by atoms with van der Waals surface area (Å²) in [6.07, 6.45) is 11.7. The van der Waals surface area contributed by atoms with Gasteiger partial charge in [-0.1, -0.05) is 99.1 Å². The van der Waals surface area contributed by atoms with Gasteiger partial charge in [0.15, 0.2) is 0 Å². The second kappa shape index (κ2) is 11.5. The van der Waals surface area contributed by atoms with Gasteiger partial charge in [0.2, 0.25) is 0 Å². The summed E-state index contributed by atoms with van der Waals surface area (Å²) in [5.74, 6) is 2.24. The minimum absolute atomic E-state index is 0.570. The Kier molecular flexibility index (Phi) is 8.21. The van der Waals surface area contributed by atoms with Crippen molar-refractivity contribution in [2.45, 2.75) is 83.5 Å². The first-order valence-electron chi connectivity index (χ1n) is 12.9. The first-order chi connectivity index (χ1) is 15.7. The normalized spacial score (nSPS) is 19.6. The second-order valence-electron chi connectivity index (χ2n) is 10.1. The summed E-state index contributed by atoms with van der Waals surface area (Å²) in [5.41, 5.74) is 7.46. The zero-order valence-electron chi connectivity index (χ0n) is 20.1. The van der Waals surface area contributed by atoms with E-state index in [1.807, 2.05) is 0 Å². The molecule has 1 atom stereocenters. The van der Waals surface area contributed by atoms with Crippen LogP contribution in [0, 0.1) is 5.92 Å². The van der Waals surface area contributed by atoms with E-state index in [0.29, 0.717) is 5.92 Å². The van der Waals surface area contributed by atoms with E-state index in [0.717, 1.165) is 18.3 Å². The Labute approximate surface area is 196 Å². The highest BCUT2D eigenvalue weighted by Crippen LogP contribution is 2.37. The third kappa shape index (κ3) is 6.35. The van der Waals surface area contributed by atoms with Crippen LogP contribution in [0.15, 0.2) is 78.9 Å². The molecule has 4 rings (SSSR count). The molecule has 1 aliphatic rings. The van der Waals surface area contributed by atoms with E-state index < -0.39 is 0 Å². The summed E-state index contributed by atoms with van der Waals surface area (Å²) in [6, 6.07) is 29.9. The van der Waals surface area contributed by atoms with Crippen LogP contribution >= 0.6 is 0 Å². The summed E-state index contributed by atoms with van der Waals surface area (Å²) in [6.45, 7) is 4.59. The first-order valence-corrected chi connectivity index (χ1v) is 12.9. The quantitative estimate of drug-likeness (QED) is 0.322. The Morgan fingerprint density at radius 1 is 0.688 bits per heavy atom. The SMILES string of the molecule is CCCc1ccc(CCC2CCC(c3ccc(CC(C)c4ccccc4)cc3)CC2)cc1. The fourth-order valence-corrected chi connectivity index (χ4v) is 5.50. The molecule has 32 heavy (non-hydrogen) atoms. The van der Waals surface area contributed by atoms with Crippen molar-refractivity contribution in [2.75, 3.05) is 0 Å². The third-order valence-electron chi connectivity index (χ3n) is 7.61. The van der Waals surface area contributed by atoms with Crippen molar-refractivity contribution in [3.05, 3.63) is 107 Å². The standard InChI is InChI=1S/C32H40/c1-3-7-26-10-12-27(13-11-26)14-15-28-16-20-31(21-17-28)32-22-18-29(19-23-32)24-25(2)30-8-5-4-6-9-30/h4-6,8-13,18-19,22-23,25,28,31H,3,7,14-17,20-21,24H2,1-2H3. The maximum Gasteiger partial charge on any atom is -0.0150 e. The first kappa shape index (κ1) is 22.8. The topological polar surface area (TPSA) is 0 Å². The van der Waals surface area contributed by atoms with Crippen LogP contribution in [0.1, 0.15) is 92.0 Å². The summed E-state index contributed by atoms with van der Waals surface area (Å²) < 4.78 is 0. The molecular weight excluding hydrogens is 384 g/mol.